The molecule has 0 aliphatic rings. The lowest BCUT2D eigenvalue weighted by molar-refractivity contribution is 0.0950. The molecule has 2 heterocycles. The molecular formula is C22H19ClN4O2. The molecule has 6 nitrogen and oxygen atoms in total. The van der Waals surface area contributed by atoms with Crippen molar-refractivity contribution in [2.24, 2.45) is 0 Å². The molecular weight excluding hydrogens is 388 g/mol. The fourth-order valence-electron chi connectivity index (χ4n) is 3.09. The number of hydrogen-bond donors (Lipinski definition) is 1. The van der Waals surface area contributed by atoms with Gasteiger partial charge in [-0.1, -0.05) is 29.8 Å². The molecule has 146 valence electrons. The number of ether oxygens (including phenoxy) is 1. The lowest BCUT2D eigenvalue weighted by atomic mass is 10.1. The molecule has 1 N–H and O–H groups in total. The average molecular weight is 407 g/mol. The molecule has 4 rings (SSSR count). The van der Waals surface area contributed by atoms with E-state index < -0.39 is 0 Å². The first-order chi connectivity index (χ1) is 14.2. The minimum Gasteiger partial charge on any atom is -0.494 e. The first-order valence-corrected chi connectivity index (χ1v) is 9.62. The zero-order chi connectivity index (χ0) is 20.2. The highest BCUT2D eigenvalue weighted by Gasteiger charge is 2.13. The highest BCUT2D eigenvalue weighted by Crippen LogP contribution is 2.25. The predicted molar refractivity (Wildman–Crippen MR) is 113 cm³/mol. The molecule has 0 saturated carbocycles. The van der Waals surface area contributed by atoms with Gasteiger partial charge in [-0.05, 0) is 43.3 Å². The van der Waals surface area contributed by atoms with Crippen LogP contribution in [0.5, 0.6) is 5.75 Å². The number of para-hydroxylation sites is 1. The summed E-state index contributed by atoms with van der Waals surface area (Å²) >= 11 is 6.40. The van der Waals surface area contributed by atoms with Crippen molar-refractivity contribution in [2.45, 2.75) is 13.5 Å². The number of hydrogen-bond acceptors (Lipinski definition) is 4. The summed E-state index contributed by atoms with van der Waals surface area (Å²) in [6, 6.07) is 16.5. The fourth-order valence-corrected chi connectivity index (χ4v) is 3.30. The van der Waals surface area contributed by atoms with Crippen LogP contribution in [0.1, 0.15) is 22.8 Å². The number of imidazole rings is 1. The van der Waals surface area contributed by atoms with Crippen LogP contribution >= 0.6 is 11.6 Å². The van der Waals surface area contributed by atoms with Crippen molar-refractivity contribution in [3.63, 3.8) is 0 Å². The van der Waals surface area contributed by atoms with Gasteiger partial charge < -0.3 is 10.1 Å². The molecule has 0 fully saturated rings. The summed E-state index contributed by atoms with van der Waals surface area (Å²) in [5.41, 5.74) is 3.50. The smallest absolute Gasteiger partial charge is 0.251 e. The molecule has 0 spiro atoms. The third-order valence-electron chi connectivity index (χ3n) is 4.49. The van der Waals surface area contributed by atoms with Crippen LogP contribution in [0.4, 0.5) is 0 Å². The Hall–Kier alpha value is -3.38. The molecule has 0 unspecified atom stereocenters. The summed E-state index contributed by atoms with van der Waals surface area (Å²) in [5.74, 6) is 0.564. The summed E-state index contributed by atoms with van der Waals surface area (Å²) in [6.45, 7) is 2.86. The van der Waals surface area contributed by atoms with Crippen molar-refractivity contribution in [3.8, 4) is 11.4 Å². The van der Waals surface area contributed by atoms with Crippen LogP contribution in [-0.4, -0.2) is 27.0 Å². The fraction of sp³-hybridized carbons (Fsp3) is 0.136. The molecule has 29 heavy (non-hydrogen) atoms. The number of benzene rings is 2. The largest absolute Gasteiger partial charge is 0.494 e. The molecule has 4 aromatic rings. The van der Waals surface area contributed by atoms with Gasteiger partial charge in [0.15, 0.2) is 5.65 Å². The minimum atomic E-state index is -0.202. The van der Waals surface area contributed by atoms with Crippen LogP contribution in [0.15, 0.2) is 67.1 Å². The first kappa shape index (κ1) is 19.0. The Morgan fingerprint density at radius 2 is 2.00 bits per heavy atom. The maximum atomic E-state index is 12.7. The number of rotatable bonds is 6. The van der Waals surface area contributed by atoms with E-state index in [4.69, 9.17) is 16.3 Å². The van der Waals surface area contributed by atoms with Gasteiger partial charge in [0.05, 0.1) is 17.3 Å². The second kappa shape index (κ2) is 8.32. The Morgan fingerprint density at radius 1 is 1.14 bits per heavy atom. The van der Waals surface area contributed by atoms with Gasteiger partial charge in [-0.15, -0.1) is 0 Å². The van der Waals surface area contributed by atoms with Crippen LogP contribution in [0.3, 0.4) is 0 Å². The molecule has 0 radical (unpaired) electrons. The second-order valence-corrected chi connectivity index (χ2v) is 6.76. The number of fused-ring (bicyclic) bond motifs is 1. The van der Waals surface area contributed by atoms with E-state index in [0.717, 1.165) is 16.8 Å². The van der Waals surface area contributed by atoms with Gasteiger partial charge in [0.2, 0.25) is 0 Å². The molecule has 2 aromatic heterocycles. The van der Waals surface area contributed by atoms with Gasteiger partial charge in [0.1, 0.15) is 17.6 Å². The van der Waals surface area contributed by atoms with Crippen LogP contribution in [0.2, 0.25) is 5.02 Å². The number of nitrogens with zero attached hydrogens (tertiary/aromatic N) is 3. The average Bonchev–Trinajstić information content (AvgIpc) is 3.17. The molecule has 1 amide bonds. The van der Waals surface area contributed by atoms with Crippen LogP contribution in [-0.2, 0) is 6.54 Å². The van der Waals surface area contributed by atoms with E-state index in [1.165, 1.54) is 0 Å². The van der Waals surface area contributed by atoms with Crippen LogP contribution in [0.25, 0.3) is 16.9 Å². The molecule has 0 aliphatic carbocycles. The molecule has 0 bridgehead atoms. The third kappa shape index (κ3) is 3.93. The number of aromatic nitrogens is 3. The number of halogens is 1. The van der Waals surface area contributed by atoms with E-state index in [1.807, 2.05) is 43.3 Å². The predicted octanol–water partition coefficient (Wildman–Crippen LogP) is 4.40. The van der Waals surface area contributed by atoms with E-state index >= 15 is 0 Å². The molecule has 0 saturated heterocycles. The van der Waals surface area contributed by atoms with E-state index in [-0.39, 0.29) is 5.91 Å². The normalized spacial score (nSPS) is 10.8. The topological polar surface area (TPSA) is 69.0 Å². The summed E-state index contributed by atoms with van der Waals surface area (Å²) in [7, 11) is 0. The summed E-state index contributed by atoms with van der Waals surface area (Å²) in [6.07, 6.45) is 3.35. The Morgan fingerprint density at radius 3 is 2.86 bits per heavy atom. The van der Waals surface area contributed by atoms with Crippen LogP contribution < -0.4 is 10.1 Å². The van der Waals surface area contributed by atoms with Gasteiger partial charge in [-0.3, -0.25) is 9.36 Å². The SMILES string of the molecule is CCOc1ccccc1CNC(=O)c1ccc(Cl)c(-n2cnc3cccnc32)c1. The minimum absolute atomic E-state index is 0.202. The number of carbonyl (C=O) groups excluding carboxylic acids is 1. The van der Waals surface area contributed by atoms with E-state index in [0.29, 0.717) is 35.1 Å². The van der Waals surface area contributed by atoms with Gasteiger partial charge in [0, 0.05) is 23.9 Å². The second-order valence-electron chi connectivity index (χ2n) is 6.35. The third-order valence-corrected chi connectivity index (χ3v) is 4.81. The van der Waals surface area contributed by atoms with Crippen molar-refractivity contribution in [1.29, 1.82) is 0 Å². The van der Waals surface area contributed by atoms with E-state index in [1.54, 1.807) is 35.3 Å². The molecule has 7 heteroatoms. The van der Waals surface area contributed by atoms with Crippen molar-refractivity contribution in [2.75, 3.05) is 6.61 Å². The Kier molecular flexibility index (Phi) is 5.44. The van der Waals surface area contributed by atoms with Crippen molar-refractivity contribution in [3.05, 3.63) is 83.3 Å². The number of nitrogens with one attached hydrogen (secondary N) is 1. The van der Waals surface area contributed by atoms with Gasteiger partial charge in [-0.2, -0.15) is 0 Å². The maximum Gasteiger partial charge on any atom is 0.251 e. The van der Waals surface area contributed by atoms with Crippen molar-refractivity contribution < 1.29 is 9.53 Å². The number of carbonyl (C=O) groups is 1. The quantitative estimate of drug-likeness (QED) is 0.515. The standard InChI is InChI=1S/C22H19ClN4O2/c1-2-29-20-8-4-3-6-16(20)13-25-22(28)15-9-10-17(23)19(12-15)27-14-26-18-7-5-11-24-21(18)27/h3-12,14H,2,13H2,1H3,(H,25,28). The van der Waals surface area contributed by atoms with Gasteiger partial charge >= 0.3 is 0 Å². The number of amides is 1. The van der Waals surface area contributed by atoms with E-state index in [9.17, 15) is 4.79 Å². The van der Waals surface area contributed by atoms with Gasteiger partial charge in [0.25, 0.3) is 5.91 Å². The summed E-state index contributed by atoms with van der Waals surface area (Å²) in [4.78, 5) is 21.5. The van der Waals surface area contributed by atoms with Crippen molar-refractivity contribution >= 4 is 28.7 Å². The summed E-state index contributed by atoms with van der Waals surface area (Å²) < 4.78 is 7.39. The lowest BCUT2D eigenvalue weighted by Crippen LogP contribution is -2.23. The lowest BCUT2D eigenvalue weighted by Gasteiger charge is -2.12. The molecule has 0 atom stereocenters. The van der Waals surface area contributed by atoms with E-state index in [2.05, 4.69) is 15.3 Å². The van der Waals surface area contributed by atoms with Crippen LogP contribution in [0, 0.1) is 0 Å². The zero-order valence-corrected chi connectivity index (χ0v) is 16.6. The summed E-state index contributed by atoms with van der Waals surface area (Å²) in [5, 5.41) is 3.45. The Labute approximate surface area is 173 Å². The number of pyridine rings is 1. The Bertz CT molecular complexity index is 1170. The molecule has 2 aromatic carbocycles. The highest BCUT2D eigenvalue weighted by molar-refractivity contribution is 6.32. The highest BCUT2D eigenvalue weighted by atomic mass is 35.5. The Balaban J connectivity index is 1.58. The monoisotopic (exact) mass is 406 g/mol. The van der Waals surface area contributed by atoms with Crippen molar-refractivity contribution in [1.82, 2.24) is 19.9 Å². The molecule has 0 aliphatic heterocycles. The first-order valence-electron chi connectivity index (χ1n) is 9.24. The maximum absolute atomic E-state index is 12.7. The van der Waals surface area contributed by atoms with Gasteiger partial charge in [-0.25, -0.2) is 9.97 Å². The zero-order valence-electron chi connectivity index (χ0n) is 15.8.